The smallest absolute Gasteiger partial charge is 0.331 e. The molecular weight excluding hydrogens is 274 g/mol. The van der Waals surface area contributed by atoms with Crippen molar-refractivity contribution in [3.8, 4) is 0 Å². The fourth-order valence-corrected chi connectivity index (χ4v) is 0.860. The average molecular weight is 289 g/mol. The predicted molar refractivity (Wildman–Crippen MR) is 63.4 cm³/mol. The van der Waals surface area contributed by atoms with Crippen molar-refractivity contribution in [2.24, 2.45) is 0 Å². The van der Waals surface area contributed by atoms with Gasteiger partial charge in [0.2, 0.25) is 0 Å². The summed E-state index contributed by atoms with van der Waals surface area (Å²) in [6.07, 6.45) is -0.148. The van der Waals surface area contributed by atoms with Gasteiger partial charge in [0.05, 0.1) is 7.11 Å². The number of carbonyl (C=O) groups is 4. The molecule has 0 saturated heterocycles. The van der Waals surface area contributed by atoms with Crippen molar-refractivity contribution >= 4 is 23.8 Å². The molecule has 2 atom stereocenters. The number of amides is 1. The monoisotopic (exact) mass is 289 g/mol. The summed E-state index contributed by atoms with van der Waals surface area (Å²) in [5.41, 5.74) is 0. The minimum absolute atomic E-state index is 0.678. The Hall–Kier alpha value is -2.42. The van der Waals surface area contributed by atoms with Crippen molar-refractivity contribution in [1.82, 2.24) is 5.32 Å². The number of nitrogens with one attached hydrogen (secondary N) is 1. The maximum atomic E-state index is 11.3. The summed E-state index contributed by atoms with van der Waals surface area (Å²) in [4.78, 5) is 43.5. The first kappa shape index (κ1) is 17.6. The third kappa shape index (κ3) is 7.11. The van der Waals surface area contributed by atoms with E-state index in [2.05, 4.69) is 9.47 Å². The number of methoxy groups -OCH3 is 1. The molecule has 20 heavy (non-hydrogen) atoms. The summed E-state index contributed by atoms with van der Waals surface area (Å²) in [7, 11) is 1.12. The summed E-state index contributed by atoms with van der Waals surface area (Å²) in [6, 6.07) is -1.19. The Morgan fingerprint density at radius 3 is 2.25 bits per heavy atom. The summed E-state index contributed by atoms with van der Waals surface area (Å²) in [6.45, 7) is 0.528. The van der Waals surface area contributed by atoms with E-state index in [4.69, 9.17) is 5.11 Å². The minimum Gasteiger partial charge on any atom is -0.480 e. The number of aliphatic hydroxyl groups excluding tert-OH is 1. The van der Waals surface area contributed by atoms with Gasteiger partial charge in [0.15, 0.2) is 6.10 Å². The van der Waals surface area contributed by atoms with Crippen LogP contribution in [0.3, 0.4) is 0 Å². The lowest BCUT2D eigenvalue weighted by atomic mass is 10.3. The van der Waals surface area contributed by atoms with Crippen LogP contribution >= 0.6 is 0 Å². The largest absolute Gasteiger partial charge is 0.480 e. The molecular formula is C11H15NO8. The molecule has 0 spiro atoms. The number of hydrogen-bond donors (Lipinski definition) is 3. The lowest BCUT2D eigenvalue weighted by molar-refractivity contribution is -0.148. The Balaban J connectivity index is 4.15. The normalized spacial score (nSPS) is 13.3. The van der Waals surface area contributed by atoms with Gasteiger partial charge < -0.3 is 25.0 Å². The molecule has 0 aliphatic carbocycles. The molecule has 9 nitrogen and oxygen atoms in total. The van der Waals surface area contributed by atoms with Crippen LogP contribution in [-0.2, 0) is 28.7 Å². The Morgan fingerprint density at radius 2 is 1.75 bits per heavy atom. The van der Waals surface area contributed by atoms with Gasteiger partial charge >= 0.3 is 17.9 Å². The van der Waals surface area contributed by atoms with Crippen molar-refractivity contribution in [2.45, 2.75) is 19.1 Å². The van der Waals surface area contributed by atoms with E-state index in [0.717, 1.165) is 19.3 Å². The van der Waals surface area contributed by atoms with E-state index in [0.29, 0.717) is 0 Å². The second-order valence-corrected chi connectivity index (χ2v) is 3.57. The topological polar surface area (TPSA) is 139 Å². The van der Waals surface area contributed by atoms with E-state index in [-0.39, 0.29) is 0 Å². The third-order valence-electron chi connectivity index (χ3n) is 1.97. The second kappa shape index (κ2) is 8.64. The number of ether oxygens (including phenoxy) is 2. The van der Waals surface area contributed by atoms with Crippen LogP contribution in [0.2, 0.25) is 0 Å². The van der Waals surface area contributed by atoms with Crippen molar-refractivity contribution in [1.29, 1.82) is 0 Å². The number of aliphatic carboxylic acids is 1. The van der Waals surface area contributed by atoms with Gasteiger partial charge in [-0.05, 0) is 6.92 Å². The zero-order valence-electron chi connectivity index (χ0n) is 10.9. The van der Waals surface area contributed by atoms with Crippen molar-refractivity contribution in [3.63, 3.8) is 0 Å². The number of aliphatic hydroxyl groups is 1. The van der Waals surface area contributed by atoms with Gasteiger partial charge in [0, 0.05) is 12.2 Å². The zero-order valence-corrected chi connectivity index (χ0v) is 10.9. The molecule has 0 aromatic heterocycles. The average Bonchev–Trinajstić information content (AvgIpc) is 2.41. The first-order chi connectivity index (χ1) is 9.27. The summed E-state index contributed by atoms with van der Waals surface area (Å²) < 4.78 is 8.70. The Bertz CT molecular complexity index is 417. The van der Waals surface area contributed by atoms with Crippen LogP contribution < -0.4 is 5.32 Å². The summed E-state index contributed by atoms with van der Waals surface area (Å²) in [5, 5.41) is 19.9. The molecule has 0 saturated carbocycles. The second-order valence-electron chi connectivity index (χ2n) is 3.57. The van der Waals surface area contributed by atoms with Gasteiger partial charge in [-0.15, -0.1) is 0 Å². The predicted octanol–water partition coefficient (Wildman–Crippen LogP) is -1.79. The van der Waals surface area contributed by atoms with Crippen LogP contribution in [0.15, 0.2) is 12.2 Å². The molecule has 3 N–H and O–H groups in total. The molecule has 0 bridgehead atoms. The highest BCUT2D eigenvalue weighted by Gasteiger charge is 2.21. The van der Waals surface area contributed by atoms with Crippen molar-refractivity contribution in [2.75, 3.05) is 13.7 Å². The molecule has 9 heteroatoms. The molecule has 0 aliphatic rings. The molecule has 1 unspecified atom stereocenters. The van der Waals surface area contributed by atoms with Gasteiger partial charge in [0.25, 0.3) is 5.91 Å². The maximum Gasteiger partial charge on any atom is 0.331 e. The maximum absolute atomic E-state index is 11.3. The first-order valence-corrected chi connectivity index (χ1v) is 5.42. The van der Waals surface area contributed by atoms with Gasteiger partial charge in [-0.1, -0.05) is 0 Å². The number of carboxylic acids is 1. The lowest BCUT2D eigenvalue weighted by Gasteiger charge is -2.13. The van der Waals surface area contributed by atoms with Crippen LogP contribution in [-0.4, -0.2) is 59.9 Å². The number of esters is 2. The SMILES string of the molecule is COC(=O)/C=C/C(=O)OCC(O)C(=O)N[C@@H](C)C(=O)O. The van der Waals surface area contributed by atoms with Gasteiger partial charge in [0.1, 0.15) is 12.6 Å². The van der Waals surface area contributed by atoms with Crippen LogP contribution in [0.1, 0.15) is 6.92 Å². The molecule has 0 aromatic carbocycles. The third-order valence-corrected chi connectivity index (χ3v) is 1.97. The fraction of sp³-hybridized carbons (Fsp3) is 0.455. The van der Waals surface area contributed by atoms with E-state index >= 15 is 0 Å². The lowest BCUT2D eigenvalue weighted by Crippen LogP contribution is -2.45. The number of hydrogen-bond acceptors (Lipinski definition) is 7. The minimum atomic E-state index is -1.72. The molecule has 0 fully saturated rings. The van der Waals surface area contributed by atoms with E-state index in [9.17, 15) is 24.3 Å². The van der Waals surface area contributed by atoms with Gasteiger partial charge in [-0.2, -0.15) is 0 Å². The fourth-order valence-electron chi connectivity index (χ4n) is 0.860. The molecule has 0 rings (SSSR count). The van der Waals surface area contributed by atoms with Crippen molar-refractivity contribution < 1.29 is 38.9 Å². The van der Waals surface area contributed by atoms with E-state index < -0.39 is 42.6 Å². The van der Waals surface area contributed by atoms with Gasteiger partial charge in [-0.3, -0.25) is 9.59 Å². The highest BCUT2D eigenvalue weighted by atomic mass is 16.5. The Morgan fingerprint density at radius 1 is 1.20 bits per heavy atom. The van der Waals surface area contributed by atoms with E-state index in [1.807, 2.05) is 5.32 Å². The number of rotatable bonds is 7. The quantitative estimate of drug-likeness (QED) is 0.369. The Labute approximate surface area is 114 Å². The van der Waals surface area contributed by atoms with Gasteiger partial charge in [-0.25, -0.2) is 9.59 Å². The summed E-state index contributed by atoms with van der Waals surface area (Å²) in [5.74, 6) is -4.00. The molecule has 0 aromatic rings. The van der Waals surface area contributed by atoms with Crippen LogP contribution in [0.5, 0.6) is 0 Å². The van der Waals surface area contributed by atoms with E-state index in [1.54, 1.807) is 0 Å². The Kier molecular flexibility index (Phi) is 7.60. The van der Waals surface area contributed by atoms with Crippen LogP contribution in [0.25, 0.3) is 0 Å². The number of carboxylic acid groups (broad SMARTS) is 1. The standard InChI is InChI=1S/C11H15NO8/c1-6(11(17)18)12-10(16)7(13)5-20-9(15)4-3-8(14)19-2/h3-4,6-7,13H,5H2,1-2H3,(H,12,16)(H,17,18)/b4-3+/t6-,7?/m0/s1. The highest BCUT2D eigenvalue weighted by molar-refractivity contribution is 5.92. The van der Waals surface area contributed by atoms with Crippen molar-refractivity contribution in [3.05, 3.63) is 12.2 Å². The highest BCUT2D eigenvalue weighted by Crippen LogP contribution is 1.91. The first-order valence-electron chi connectivity index (χ1n) is 5.42. The van der Waals surface area contributed by atoms with Crippen LogP contribution in [0.4, 0.5) is 0 Å². The molecule has 0 radical (unpaired) electrons. The van der Waals surface area contributed by atoms with Crippen LogP contribution in [0, 0.1) is 0 Å². The molecule has 1 amide bonds. The number of carbonyl (C=O) groups excluding carboxylic acids is 3. The molecule has 0 aliphatic heterocycles. The summed E-state index contributed by atoms with van der Waals surface area (Å²) >= 11 is 0. The molecule has 112 valence electrons. The molecule has 0 heterocycles. The van der Waals surface area contributed by atoms with E-state index in [1.165, 1.54) is 6.92 Å². The zero-order chi connectivity index (χ0) is 15.7.